The molecule has 0 radical (unpaired) electrons. The van der Waals surface area contributed by atoms with Crippen LogP contribution in [0.4, 0.5) is 0 Å². The molecule has 7 nitrogen and oxygen atoms in total. The average molecular weight is 494 g/mol. The molecule has 0 saturated carbocycles. The minimum absolute atomic E-state index is 0.0546. The molecule has 2 unspecified atom stereocenters. The highest BCUT2D eigenvalue weighted by molar-refractivity contribution is 7.47. The summed E-state index contributed by atoms with van der Waals surface area (Å²) in [7, 11) is 1.18. The van der Waals surface area contributed by atoms with Crippen LogP contribution >= 0.6 is 7.82 Å². The molecule has 0 aromatic heterocycles. The standard InChI is InChI=1S/C25H52NO6P/c1-5-6-7-8-9-10-11-12-13-14-15-16-17-18-19-21-30-23-25(29-4)24-32-33(27,28)31-22-20-26(2)3/h17-18,25H,5-16,19-24H2,1-4H3,(H,27,28). The molecule has 0 spiro atoms. The van der Waals surface area contributed by atoms with E-state index in [1.807, 2.05) is 19.0 Å². The van der Waals surface area contributed by atoms with Gasteiger partial charge in [-0.15, -0.1) is 0 Å². The van der Waals surface area contributed by atoms with Crippen LogP contribution in [-0.4, -0.2) is 70.1 Å². The lowest BCUT2D eigenvalue weighted by Crippen LogP contribution is -2.24. The molecular formula is C25H52NO6P. The molecule has 0 aliphatic heterocycles. The van der Waals surface area contributed by atoms with Gasteiger partial charge in [-0.3, -0.25) is 9.05 Å². The van der Waals surface area contributed by atoms with E-state index in [2.05, 4.69) is 19.1 Å². The number of hydrogen-bond acceptors (Lipinski definition) is 6. The third-order valence-corrected chi connectivity index (χ3v) is 6.41. The number of hydrogen-bond donors (Lipinski definition) is 1. The molecule has 1 N–H and O–H groups in total. The molecule has 0 heterocycles. The summed E-state index contributed by atoms with van der Waals surface area (Å²) in [5.74, 6) is 0. The Kier molecular flexibility index (Phi) is 23.3. The van der Waals surface area contributed by atoms with Crippen molar-refractivity contribution in [3.05, 3.63) is 12.2 Å². The zero-order valence-electron chi connectivity index (χ0n) is 21.8. The number of unbranched alkanes of at least 4 members (excludes halogenated alkanes) is 11. The number of rotatable bonds is 25. The third-order valence-electron chi connectivity index (χ3n) is 5.42. The first-order chi connectivity index (χ1) is 15.9. The van der Waals surface area contributed by atoms with Crippen molar-refractivity contribution in [3.63, 3.8) is 0 Å². The van der Waals surface area contributed by atoms with Crippen molar-refractivity contribution in [1.82, 2.24) is 4.90 Å². The van der Waals surface area contributed by atoms with Crippen LogP contribution in [-0.2, 0) is 23.1 Å². The summed E-state index contributed by atoms with van der Waals surface area (Å²) in [6, 6.07) is 0. The lowest BCUT2D eigenvalue weighted by atomic mass is 10.1. The van der Waals surface area contributed by atoms with Crippen LogP contribution in [0.2, 0.25) is 0 Å². The van der Waals surface area contributed by atoms with E-state index in [0.717, 1.165) is 12.8 Å². The van der Waals surface area contributed by atoms with Crippen LogP contribution in [0.5, 0.6) is 0 Å². The van der Waals surface area contributed by atoms with Gasteiger partial charge in [0.2, 0.25) is 0 Å². The van der Waals surface area contributed by atoms with Gasteiger partial charge in [0.1, 0.15) is 6.10 Å². The fourth-order valence-corrected chi connectivity index (χ4v) is 4.01. The Bertz CT molecular complexity index is 490. The molecule has 0 bridgehead atoms. The van der Waals surface area contributed by atoms with Crippen molar-refractivity contribution in [3.8, 4) is 0 Å². The van der Waals surface area contributed by atoms with Crippen LogP contribution in [0.1, 0.15) is 90.4 Å². The summed E-state index contributed by atoms with van der Waals surface area (Å²) >= 11 is 0. The number of phosphoric acid groups is 1. The maximum atomic E-state index is 11.8. The Morgan fingerprint density at radius 3 is 1.97 bits per heavy atom. The first kappa shape index (κ1) is 32.7. The molecule has 0 amide bonds. The molecule has 33 heavy (non-hydrogen) atoms. The van der Waals surface area contributed by atoms with E-state index >= 15 is 0 Å². The predicted octanol–water partition coefficient (Wildman–Crippen LogP) is 6.36. The van der Waals surface area contributed by atoms with E-state index in [4.69, 9.17) is 18.5 Å². The molecule has 8 heteroatoms. The van der Waals surface area contributed by atoms with E-state index in [1.165, 1.54) is 77.7 Å². The van der Waals surface area contributed by atoms with Gasteiger partial charge in [0.25, 0.3) is 0 Å². The van der Waals surface area contributed by atoms with Crippen LogP contribution in [0.3, 0.4) is 0 Å². The molecule has 0 aromatic rings. The Morgan fingerprint density at radius 2 is 1.39 bits per heavy atom. The van der Waals surface area contributed by atoms with Crippen molar-refractivity contribution >= 4 is 7.82 Å². The molecule has 0 aromatic carbocycles. The van der Waals surface area contributed by atoms with Gasteiger partial charge in [-0.2, -0.15) is 0 Å². The van der Waals surface area contributed by atoms with Crippen LogP contribution in [0.25, 0.3) is 0 Å². The van der Waals surface area contributed by atoms with Crippen molar-refractivity contribution in [1.29, 1.82) is 0 Å². The third kappa shape index (κ3) is 24.7. The second-order valence-electron chi connectivity index (χ2n) is 8.92. The average Bonchev–Trinajstić information content (AvgIpc) is 2.77. The highest BCUT2D eigenvalue weighted by Crippen LogP contribution is 2.43. The molecule has 0 saturated heterocycles. The quantitative estimate of drug-likeness (QED) is 0.0900. The summed E-state index contributed by atoms with van der Waals surface area (Å²) < 4.78 is 32.6. The smallest absolute Gasteiger partial charge is 0.378 e. The lowest BCUT2D eigenvalue weighted by Gasteiger charge is -2.18. The number of nitrogens with zero attached hydrogens (tertiary/aromatic N) is 1. The molecule has 0 rings (SSSR count). The fraction of sp³-hybridized carbons (Fsp3) is 0.920. The number of methoxy groups -OCH3 is 1. The van der Waals surface area contributed by atoms with Gasteiger partial charge in [-0.25, -0.2) is 4.57 Å². The fourth-order valence-electron chi connectivity index (χ4n) is 3.27. The monoisotopic (exact) mass is 493 g/mol. The highest BCUT2D eigenvalue weighted by atomic mass is 31.2. The van der Waals surface area contributed by atoms with E-state index in [9.17, 15) is 9.46 Å². The summed E-state index contributed by atoms with van der Waals surface area (Å²) in [6.45, 7) is 3.77. The van der Waals surface area contributed by atoms with E-state index in [1.54, 1.807) is 0 Å². The largest absolute Gasteiger partial charge is 0.472 e. The predicted molar refractivity (Wildman–Crippen MR) is 137 cm³/mol. The second-order valence-corrected chi connectivity index (χ2v) is 10.4. The maximum Gasteiger partial charge on any atom is 0.472 e. The van der Waals surface area contributed by atoms with Crippen molar-refractivity contribution in [2.24, 2.45) is 0 Å². The Hall–Kier alpha value is -0.270. The minimum atomic E-state index is -4.07. The van der Waals surface area contributed by atoms with Crippen LogP contribution in [0.15, 0.2) is 12.2 Å². The Morgan fingerprint density at radius 1 is 0.818 bits per heavy atom. The minimum Gasteiger partial charge on any atom is -0.378 e. The number of ether oxygens (including phenoxy) is 2. The number of allylic oxidation sites excluding steroid dienone is 1. The van der Waals surface area contributed by atoms with Gasteiger partial charge in [-0.1, -0.05) is 83.3 Å². The number of likely N-dealkylation sites (N-methyl/N-ethyl adjacent to an activating group) is 1. The lowest BCUT2D eigenvalue weighted by molar-refractivity contribution is -0.0206. The van der Waals surface area contributed by atoms with Crippen LogP contribution in [0, 0.1) is 0 Å². The molecular weight excluding hydrogens is 441 g/mol. The summed E-state index contributed by atoms with van der Waals surface area (Å²) in [5, 5.41) is 0. The summed E-state index contributed by atoms with van der Waals surface area (Å²) in [5.41, 5.74) is 0. The molecule has 0 aliphatic carbocycles. The summed E-state index contributed by atoms with van der Waals surface area (Å²) in [4.78, 5) is 11.5. The zero-order valence-corrected chi connectivity index (χ0v) is 22.7. The number of phosphoric ester groups is 1. The van der Waals surface area contributed by atoms with Gasteiger partial charge in [0.05, 0.1) is 26.4 Å². The van der Waals surface area contributed by atoms with Crippen LogP contribution < -0.4 is 0 Å². The van der Waals surface area contributed by atoms with Gasteiger partial charge in [0, 0.05) is 13.7 Å². The summed E-state index contributed by atoms with van der Waals surface area (Å²) in [6.07, 6.45) is 21.0. The van der Waals surface area contributed by atoms with Gasteiger partial charge in [0.15, 0.2) is 0 Å². The second kappa shape index (κ2) is 23.5. The first-order valence-electron chi connectivity index (χ1n) is 12.9. The van der Waals surface area contributed by atoms with Crippen molar-refractivity contribution in [2.75, 3.05) is 54.2 Å². The normalized spacial score (nSPS) is 14.8. The van der Waals surface area contributed by atoms with E-state index in [-0.39, 0.29) is 13.2 Å². The van der Waals surface area contributed by atoms with Crippen molar-refractivity contribution < 1.29 is 28.0 Å². The van der Waals surface area contributed by atoms with Gasteiger partial charge < -0.3 is 19.3 Å². The van der Waals surface area contributed by atoms with Gasteiger partial charge >= 0.3 is 7.82 Å². The maximum absolute atomic E-state index is 11.8. The highest BCUT2D eigenvalue weighted by Gasteiger charge is 2.23. The Labute approximate surface area is 203 Å². The van der Waals surface area contributed by atoms with Crippen molar-refractivity contribution in [2.45, 2.75) is 96.5 Å². The Balaban J connectivity index is 3.55. The van der Waals surface area contributed by atoms with E-state index < -0.39 is 13.9 Å². The molecule has 0 fully saturated rings. The molecule has 0 aliphatic rings. The first-order valence-corrected chi connectivity index (χ1v) is 14.4. The zero-order chi connectivity index (χ0) is 24.6. The SMILES string of the molecule is CCCCCCCCCCCCCC=CCCOCC(COP(=O)(O)OCCN(C)C)OC. The molecule has 198 valence electrons. The molecule has 2 atom stereocenters. The van der Waals surface area contributed by atoms with E-state index in [0.29, 0.717) is 19.8 Å². The topological polar surface area (TPSA) is 77.5 Å². The van der Waals surface area contributed by atoms with Gasteiger partial charge in [-0.05, 0) is 33.4 Å².